The number of nitrogens with zero attached hydrogens (tertiary/aromatic N) is 1. The summed E-state index contributed by atoms with van der Waals surface area (Å²) in [6.07, 6.45) is 2.32. The molecule has 1 N–H and O–H groups in total. The molecule has 1 aliphatic heterocycles. The summed E-state index contributed by atoms with van der Waals surface area (Å²) in [5.74, 6) is 2.31. The van der Waals surface area contributed by atoms with Crippen LogP contribution in [0.25, 0.3) is 11.3 Å². The summed E-state index contributed by atoms with van der Waals surface area (Å²) in [4.78, 5) is 2.44. The van der Waals surface area contributed by atoms with Crippen molar-refractivity contribution in [3.8, 4) is 11.3 Å². The number of rotatable bonds is 4. The maximum absolute atomic E-state index is 9.37. The van der Waals surface area contributed by atoms with Crippen LogP contribution in [0.5, 0.6) is 0 Å². The van der Waals surface area contributed by atoms with Crippen LogP contribution < -0.4 is 0 Å². The minimum Gasteiger partial charge on any atom is -0.461 e. The molecular formula is C18H23NO2. The van der Waals surface area contributed by atoms with E-state index in [-0.39, 0.29) is 0 Å². The minimum absolute atomic E-state index is 0.301. The van der Waals surface area contributed by atoms with Gasteiger partial charge < -0.3 is 9.52 Å². The van der Waals surface area contributed by atoms with E-state index in [2.05, 4.69) is 29.2 Å². The Bertz CT molecular complexity index is 590. The largest absolute Gasteiger partial charge is 0.461 e. The second kappa shape index (κ2) is 6.46. The first-order valence-corrected chi connectivity index (χ1v) is 7.74. The first-order valence-electron chi connectivity index (χ1n) is 7.74. The molecule has 0 saturated carbocycles. The Morgan fingerprint density at radius 2 is 2.10 bits per heavy atom. The molecule has 1 aromatic heterocycles. The molecule has 112 valence electrons. The molecule has 3 nitrogen and oxygen atoms in total. The van der Waals surface area contributed by atoms with Gasteiger partial charge in [-0.1, -0.05) is 24.3 Å². The van der Waals surface area contributed by atoms with Crippen molar-refractivity contribution in [1.82, 2.24) is 4.90 Å². The Kier molecular flexibility index (Phi) is 4.42. The van der Waals surface area contributed by atoms with Crippen LogP contribution >= 0.6 is 0 Å². The molecule has 3 heteroatoms. The smallest absolute Gasteiger partial charge is 0.134 e. The Balaban J connectivity index is 1.79. The normalized spacial score (nSPS) is 19.8. The van der Waals surface area contributed by atoms with Crippen LogP contribution in [0, 0.1) is 12.8 Å². The van der Waals surface area contributed by atoms with Crippen LogP contribution in [-0.4, -0.2) is 29.7 Å². The van der Waals surface area contributed by atoms with Gasteiger partial charge in [-0.15, -0.1) is 0 Å². The van der Waals surface area contributed by atoms with Crippen LogP contribution in [0.3, 0.4) is 0 Å². The number of aliphatic hydroxyl groups is 1. The molecule has 1 fully saturated rings. The lowest BCUT2D eigenvalue weighted by atomic mass is 9.97. The summed E-state index contributed by atoms with van der Waals surface area (Å²) in [5, 5.41) is 9.37. The zero-order valence-corrected chi connectivity index (χ0v) is 12.6. The predicted octanol–water partition coefficient (Wildman–Crippen LogP) is 3.46. The van der Waals surface area contributed by atoms with Gasteiger partial charge in [-0.2, -0.15) is 0 Å². The van der Waals surface area contributed by atoms with Gasteiger partial charge in [-0.3, -0.25) is 4.90 Å². The zero-order chi connectivity index (χ0) is 14.7. The van der Waals surface area contributed by atoms with Crippen molar-refractivity contribution in [2.45, 2.75) is 26.3 Å². The number of aryl methyl sites for hydroxylation is 1. The molecule has 1 aromatic carbocycles. The lowest BCUT2D eigenvalue weighted by Gasteiger charge is -2.32. The summed E-state index contributed by atoms with van der Waals surface area (Å²) in [5.41, 5.74) is 2.47. The molecule has 0 aliphatic carbocycles. The lowest BCUT2D eigenvalue weighted by Crippen LogP contribution is -2.36. The molecule has 0 spiro atoms. The van der Waals surface area contributed by atoms with Crippen molar-refractivity contribution in [1.29, 1.82) is 0 Å². The van der Waals surface area contributed by atoms with Gasteiger partial charge in [-0.25, -0.2) is 0 Å². The minimum atomic E-state index is 0.301. The monoisotopic (exact) mass is 285 g/mol. The van der Waals surface area contributed by atoms with Gasteiger partial charge in [0.1, 0.15) is 11.5 Å². The SMILES string of the molecule is Cc1ccc(-c2ccccc2CN2CCCC(CO)C2)o1. The number of piperidine rings is 1. The highest BCUT2D eigenvalue weighted by atomic mass is 16.3. The van der Waals surface area contributed by atoms with Crippen molar-refractivity contribution in [2.75, 3.05) is 19.7 Å². The molecule has 0 bridgehead atoms. The second-order valence-corrected chi connectivity index (χ2v) is 5.99. The van der Waals surface area contributed by atoms with Crippen LogP contribution in [0.2, 0.25) is 0 Å². The fourth-order valence-electron chi connectivity index (χ4n) is 3.16. The van der Waals surface area contributed by atoms with Gasteiger partial charge >= 0.3 is 0 Å². The zero-order valence-electron chi connectivity index (χ0n) is 12.6. The number of hydrogen-bond donors (Lipinski definition) is 1. The molecule has 1 unspecified atom stereocenters. The van der Waals surface area contributed by atoms with E-state index >= 15 is 0 Å². The maximum atomic E-state index is 9.37. The van der Waals surface area contributed by atoms with E-state index in [1.165, 1.54) is 17.5 Å². The third kappa shape index (κ3) is 3.36. The third-order valence-corrected chi connectivity index (χ3v) is 4.28. The van der Waals surface area contributed by atoms with Crippen LogP contribution in [-0.2, 0) is 6.54 Å². The number of aliphatic hydroxyl groups excluding tert-OH is 1. The number of benzene rings is 1. The van der Waals surface area contributed by atoms with Gasteiger partial charge in [0, 0.05) is 25.3 Å². The highest BCUT2D eigenvalue weighted by Gasteiger charge is 2.20. The molecule has 1 saturated heterocycles. The lowest BCUT2D eigenvalue weighted by molar-refractivity contribution is 0.116. The average molecular weight is 285 g/mol. The van der Waals surface area contributed by atoms with E-state index < -0.39 is 0 Å². The molecule has 0 radical (unpaired) electrons. The topological polar surface area (TPSA) is 36.6 Å². The summed E-state index contributed by atoms with van der Waals surface area (Å²) >= 11 is 0. The van der Waals surface area contributed by atoms with Gasteiger partial charge in [-0.05, 0) is 49.9 Å². The van der Waals surface area contributed by atoms with E-state index in [4.69, 9.17) is 4.42 Å². The summed E-state index contributed by atoms with van der Waals surface area (Å²) in [6.45, 7) is 5.30. The highest BCUT2D eigenvalue weighted by Crippen LogP contribution is 2.27. The number of hydrogen-bond acceptors (Lipinski definition) is 3. The molecule has 21 heavy (non-hydrogen) atoms. The molecule has 1 atom stereocenters. The maximum Gasteiger partial charge on any atom is 0.134 e. The van der Waals surface area contributed by atoms with Gasteiger partial charge in [0.2, 0.25) is 0 Å². The van der Waals surface area contributed by atoms with Crippen molar-refractivity contribution in [2.24, 2.45) is 5.92 Å². The molecule has 1 aliphatic rings. The van der Waals surface area contributed by atoms with E-state index in [0.29, 0.717) is 12.5 Å². The fourth-order valence-corrected chi connectivity index (χ4v) is 3.16. The average Bonchev–Trinajstić information content (AvgIpc) is 2.94. The van der Waals surface area contributed by atoms with Crippen molar-refractivity contribution < 1.29 is 9.52 Å². The fraction of sp³-hybridized carbons (Fsp3) is 0.444. The van der Waals surface area contributed by atoms with E-state index in [9.17, 15) is 5.11 Å². The second-order valence-electron chi connectivity index (χ2n) is 5.99. The highest BCUT2D eigenvalue weighted by molar-refractivity contribution is 5.62. The van der Waals surface area contributed by atoms with Crippen molar-refractivity contribution >= 4 is 0 Å². The van der Waals surface area contributed by atoms with Gasteiger partial charge in [0.15, 0.2) is 0 Å². The van der Waals surface area contributed by atoms with Crippen LogP contribution in [0.15, 0.2) is 40.8 Å². The molecular weight excluding hydrogens is 262 g/mol. The Morgan fingerprint density at radius 1 is 1.24 bits per heavy atom. The van der Waals surface area contributed by atoms with Crippen molar-refractivity contribution in [3.05, 3.63) is 47.7 Å². The Morgan fingerprint density at radius 3 is 2.86 bits per heavy atom. The van der Waals surface area contributed by atoms with E-state index in [1.54, 1.807) is 0 Å². The third-order valence-electron chi connectivity index (χ3n) is 4.28. The number of furan rings is 1. The molecule has 2 heterocycles. The van der Waals surface area contributed by atoms with E-state index in [1.807, 2.05) is 19.1 Å². The Hall–Kier alpha value is -1.58. The predicted molar refractivity (Wildman–Crippen MR) is 84.0 cm³/mol. The van der Waals surface area contributed by atoms with Crippen molar-refractivity contribution in [3.63, 3.8) is 0 Å². The summed E-state index contributed by atoms with van der Waals surface area (Å²) in [7, 11) is 0. The first-order chi connectivity index (χ1) is 10.3. The van der Waals surface area contributed by atoms with Crippen LogP contribution in [0.1, 0.15) is 24.2 Å². The summed E-state index contributed by atoms with van der Waals surface area (Å²) < 4.78 is 5.78. The molecule has 2 aromatic rings. The molecule has 0 amide bonds. The van der Waals surface area contributed by atoms with Gasteiger partial charge in [0.25, 0.3) is 0 Å². The number of likely N-dealkylation sites (tertiary alicyclic amines) is 1. The Labute approximate surface area is 126 Å². The standard InChI is InChI=1S/C18H23NO2/c1-14-8-9-18(21-14)17-7-3-2-6-16(17)12-19-10-4-5-15(11-19)13-20/h2-3,6-9,15,20H,4-5,10-13H2,1H3. The van der Waals surface area contributed by atoms with Crippen LogP contribution in [0.4, 0.5) is 0 Å². The molecule has 3 rings (SSSR count). The quantitative estimate of drug-likeness (QED) is 0.934. The van der Waals surface area contributed by atoms with E-state index in [0.717, 1.165) is 37.6 Å². The van der Waals surface area contributed by atoms with Gasteiger partial charge in [0.05, 0.1) is 0 Å². The summed E-state index contributed by atoms with van der Waals surface area (Å²) in [6, 6.07) is 12.5. The first kappa shape index (κ1) is 14.4.